The zero-order valence-corrected chi connectivity index (χ0v) is 30.7. The number of fused-ring (bicyclic) bond motifs is 1. The molecule has 1 saturated heterocycles. The summed E-state index contributed by atoms with van der Waals surface area (Å²) in [5, 5.41) is 15.5. The second-order valence-electron chi connectivity index (χ2n) is 12.9. The van der Waals surface area contributed by atoms with Gasteiger partial charge in [0.2, 0.25) is 11.8 Å². The number of thiazole rings is 1. The van der Waals surface area contributed by atoms with E-state index < -0.39 is 6.29 Å². The molecule has 2 heterocycles. The maximum Gasteiger partial charge on any atom is 0.220 e. The zero-order valence-electron chi connectivity index (χ0n) is 29.0. The third-order valence-corrected chi connectivity index (χ3v) is 11.5. The molecule has 1 aliphatic rings. The van der Waals surface area contributed by atoms with Crippen LogP contribution in [0, 0.1) is 5.92 Å². The van der Waals surface area contributed by atoms with Crippen molar-refractivity contribution in [2.24, 2.45) is 5.92 Å². The Kier molecular flexibility index (Phi) is 12.9. The molecule has 4 aromatic carbocycles. The Bertz CT molecular complexity index is 1860. The van der Waals surface area contributed by atoms with Gasteiger partial charge in [-0.15, -0.1) is 11.3 Å². The van der Waals surface area contributed by atoms with Crippen molar-refractivity contribution in [2.45, 2.75) is 75.5 Å². The van der Waals surface area contributed by atoms with Gasteiger partial charge in [0, 0.05) is 43.7 Å². The van der Waals surface area contributed by atoms with Gasteiger partial charge in [0.25, 0.3) is 0 Å². The van der Waals surface area contributed by atoms with Crippen LogP contribution in [-0.4, -0.2) is 40.3 Å². The first-order valence-corrected chi connectivity index (χ1v) is 19.4. The van der Waals surface area contributed by atoms with Crippen LogP contribution in [0.4, 0.5) is 0 Å². The van der Waals surface area contributed by atoms with Crippen LogP contribution in [0.1, 0.15) is 74.2 Å². The largest absolute Gasteiger partial charge is 0.392 e. The number of carbonyl (C=O) groups excluding carboxylic acids is 2. The number of nitrogens with zero attached hydrogens (tertiary/aromatic N) is 1. The lowest BCUT2D eigenvalue weighted by Crippen LogP contribution is -2.38. The molecule has 0 radical (unpaired) electrons. The first kappa shape index (κ1) is 36.7. The minimum absolute atomic E-state index is 0.00149. The first-order chi connectivity index (χ1) is 24.9. The number of hydrogen-bond acceptors (Lipinski definition) is 8. The fourth-order valence-electron chi connectivity index (χ4n) is 6.29. The van der Waals surface area contributed by atoms with Crippen molar-refractivity contribution >= 4 is 45.1 Å². The number of para-hydroxylation sites is 1. The standard InChI is InChI=1S/C41H45N3O5S2/c1-27-36(26-50-41-44-35-12-7-8-13-37(35)51-41)48-40(49-39(27)31-17-15-29(25-45)16-18-31)32-21-19-30(20-22-32)34-11-6-5-10-33(34)24-43-38(47)14-4-3-9-23-42-28(2)46/h5-8,10-13,15-22,27,36,39-40,45H,3-4,9,14,23-26H2,1-2H3,(H,42,46)(H,43,47)/t27-,36+,39+,40+/m0/s1. The van der Waals surface area contributed by atoms with Crippen LogP contribution >= 0.6 is 23.1 Å². The van der Waals surface area contributed by atoms with E-state index >= 15 is 0 Å². The topological polar surface area (TPSA) is 110 Å². The van der Waals surface area contributed by atoms with Crippen molar-refractivity contribution in [3.63, 3.8) is 0 Å². The van der Waals surface area contributed by atoms with Gasteiger partial charge in [0.05, 0.1) is 29.0 Å². The first-order valence-electron chi connectivity index (χ1n) is 17.6. The third kappa shape index (κ3) is 9.84. The Labute approximate surface area is 308 Å². The molecule has 0 unspecified atom stereocenters. The molecule has 10 heteroatoms. The molecule has 0 saturated carbocycles. The van der Waals surface area contributed by atoms with Crippen LogP contribution in [0.2, 0.25) is 0 Å². The number of aliphatic hydroxyl groups excluding tert-OH is 1. The molecular formula is C41H45N3O5S2. The fourth-order valence-corrected chi connectivity index (χ4v) is 8.54. The van der Waals surface area contributed by atoms with E-state index in [9.17, 15) is 14.7 Å². The van der Waals surface area contributed by atoms with E-state index in [1.54, 1.807) is 23.1 Å². The Morgan fingerprint density at radius 1 is 0.863 bits per heavy atom. The van der Waals surface area contributed by atoms with E-state index in [2.05, 4.69) is 54.0 Å². The van der Waals surface area contributed by atoms with Gasteiger partial charge in [-0.2, -0.15) is 0 Å². The van der Waals surface area contributed by atoms with Gasteiger partial charge >= 0.3 is 0 Å². The summed E-state index contributed by atoms with van der Waals surface area (Å²) in [6.07, 6.45) is 2.15. The molecule has 266 valence electrons. The van der Waals surface area contributed by atoms with E-state index in [4.69, 9.17) is 14.5 Å². The Morgan fingerprint density at radius 3 is 2.37 bits per heavy atom. The molecule has 0 bridgehead atoms. The Balaban J connectivity index is 1.13. The molecule has 2 amide bonds. The molecule has 8 nitrogen and oxygen atoms in total. The summed E-state index contributed by atoms with van der Waals surface area (Å²) in [4.78, 5) is 28.4. The molecule has 1 aromatic heterocycles. The van der Waals surface area contributed by atoms with Crippen LogP contribution in [0.25, 0.3) is 21.3 Å². The molecule has 4 atom stereocenters. The predicted molar refractivity (Wildman–Crippen MR) is 204 cm³/mol. The minimum atomic E-state index is -0.563. The molecule has 5 aromatic rings. The van der Waals surface area contributed by atoms with Crippen LogP contribution in [0.3, 0.4) is 0 Å². The second kappa shape index (κ2) is 17.9. The molecule has 0 aliphatic carbocycles. The summed E-state index contributed by atoms with van der Waals surface area (Å²) < 4.78 is 15.6. The predicted octanol–water partition coefficient (Wildman–Crippen LogP) is 8.35. The molecule has 1 aliphatic heterocycles. The number of carbonyl (C=O) groups is 2. The number of ether oxygens (including phenoxy) is 2. The Morgan fingerprint density at radius 2 is 1.61 bits per heavy atom. The van der Waals surface area contributed by atoms with E-state index in [0.29, 0.717) is 19.5 Å². The third-order valence-electron chi connectivity index (χ3n) is 9.21. The van der Waals surface area contributed by atoms with E-state index in [1.165, 1.54) is 11.6 Å². The van der Waals surface area contributed by atoms with E-state index in [1.807, 2.05) is 60.7 Å². The number of nitrogens with one attached hydrogen (secondary N) is 2. The molecule has 6 rings (SSSR count). The van der Waals surface area contributed by atoms with Crippen molar-refractivity contribution in [3.05, 3.63) is 119 Å². The number of amides is 2. The summed E-state index contributed by atoms with van der Waals surface area (Å²) in [5.41, 5.74) is 7.02. The average molecular weight is 724 g/mol. The Hall–Kier alpha value is -4.06. The van der Waals surface area contributed by atoms with Gasteiger partial charge < -0.3 is 25.2 Å². The summed E-state index contributed by atoms with van der Waals surface area (Å²) >= 11 is 3.43. The molecule has 51 heavy (non-hydrogen) atoms. The molecule has 0 spiro atoms. The summed E-state index contributed by atoms with van der Waals surface area (Å²) in [6.45, 7) is 4.78. The second-order valence-corrected chi connectivity index (χ2v) is 15.2. The number of thioether (sulfide) groups is 1. The van der Waals surface area contributed by atoms with Crippen molar-refractivity contribution in [3.8, 4) is 11.1 Å². The monoisotopic (exact) mass is 723 g/mol. The van der Waals surface area contributed by atoms with Gasteiger partial charge in [-0.25, -0.2) is 4.98 Å². The van der Waals surface area contributed by atoms with Gasteiger partial charge in [0.1, 0.15) is 0 Å². The van der Waals surface area contributed by atoms with Crippen LogP contribution in [-0.2, 0) is 32.2 Å². The van der Waals surface area contributed by atoms with Gasteiger partial charge in [-0.3, -0.25) is 9.59 Å². The van der Waals surface area contributed by atoms with Crippen molar-refractivity contribution < 1.29 is 24.2 Å². The number of unbranched alkanes of at least 4 members (excludes halogenated alkanes) is 2. The van der Waals surface area contributed by atoms with E-state index in [-0.39, 0.29) is 36.5 Å². The average Bonchev–Trinajstić information content (AvgIpc) is 3.58. The highest BCUT2D eigenvalue weighted by Crippen LogP contribution is 2.44. The number of benzene rings is 4. The number of hydrogen-bond donors (Lipinski definition) is 3. The van der Waals surface area contributed by atoms with Crippen LogP contribution < -0.4 is 10.6 Å². The maximum atomic E-state index is 12.6. The quantitative estimate of drug-likeness (QED) is 0.0736. The maximum absolute atomic E-state index is 12.6. The lowest BCUT2D eigenvalue weighted by atomic mass is 9.91. The smallest absolute Gasteiger partial charge is 0.220 e. The highest BCUT2D eigenvalue weighted by atomic mass is 32.2. The van der Waals surface area contributed by atoms with Gasteiger partial charge in [0.15, 0.2) is 10.6 Å². The van der Waals surface area contributed by atoms with Crippen LogP contribution in [0.5, 0.6) is 0 Å². The summed E-state index contributed by atoms with van der Waals surface area (Å²) in [6, 6.07) is 32.6. The highest BCUT2D eigenvalue weighted by Gasteiger charge is 2.38. The van der Waals surface area contributed by atoms with Crippen molar-refractivity contribution in [2.75, 3.05) is 12.3 Å². The summed E-state index contributed by atoms with van der Waals surface area (Å²) in [5.74, 6) is 0.812. The number of aliphatic hydroxyl groups is 1. The minimum Gasteiger partial charge on any atom is -0.392 e. The van der Waals surface area contributed by atoms with E-state index in [0.717, 1.165) is 68.3 Å². The number of aromatic nitrogens is 1. The molecule has 1 fully saturated rings. The number of rotatable bonds is 15. The van der Waals surface area contributed by atoms with Gasteiger partial charge in [-0.05, 0) is 52.8 Å². The molecular weight excluding hydrogens is 679 g/mol. The summed E-state index contributed by atoms with van der Waals surface area (Å²) in [7, 11) is 0. The molecule has 3 N–H and O–H groups in total. The van der Waals surface area contributed by atoms with Crippen LogP contribution in [0.15, 0.2) is 101 Å². The normalized spacial score (nSPS) is 18.8. The zero-order chi connectivity index (χ0) is 35.6. The SMILES string of the molecule is CC(=O)NCCCCCC(=O)NCc1ccccc1-c1ccc([C@@H]2O[C@H](CSc3nc4ccccc4s3)[C@H](C)[C@H](c3ccc(CO)cc3)O2)cc1. The highest BCUT2D eigenvalue weighted by molar-refractivity contribution is 8.01. The van der Waals surface area contributed by atoms with Crippen molar-refractivity contribution in [1.29, 1.82) is 0 Å². The van der Waals surface area contributed by atoms with Crippen molar-refractivity contribution in [1.82, 2.24) is 15.6 Å². The van der Waals surface area contributed by atoms with Gasteiger partial charge in [-0.1, -0.05) is 110 Å². The lowest BCUT2D eigenvalue weighted by Gasteiger charge is -2.41. The lowest BCUT2D eigenvalue weighted by molar-refractivity contribution is -0.268. The fraction of sp³-hybridized carbons (Fsp3) is 0.341.